The summed E-state index contributed by atoms with van der Waals surface area (Å²) in [7, 11) is 1.71. The number of methoxy groups -OCH3 is 1. The van der Waals surface area contributed by atoms with E-state index in [1.54, 1.807) is 7.11 Å². The molecular formula is C22H19NOS. The summed E-state index contributed by atoms with van der Waals surface area (Å²) in [6.07, 6.45) is 0. The van der Waals surface area contributed by atoms with Gasteiger partial charge in [0.25, 0.3) is 0 Å². The predicted octanol–water partition coefficient (Wildman–Crippen LogP) is 6.55. The molecule has 1 aliphatic rings. The lowest BCUT2D eigenvalue weighted by Crippen LogP contribution is -1.96. The molecule has 0 unspecified atom stereocenters. The van der Waals surface area contributed by atoms with Crippen LogP contribution in [0.5, 0.6) is 5.75 Å². The Kier molecular flexibility index (Phi) is 4.10. The maximum Gasteiger partial charge on any atom is 0.119 e. The van der Waals surface area contributed by atoms with Crippen LogP contribution < -0.4 is 4.74 Å². The van der Waals surface area contributed by atoms with Crippen LogP contribution in [0.2, 0.25) is 0 Å². The van der Waals surface area contributed by atoms with Crippen LogP contribution in [0.3, 0.4) is 0 Å². The van der Waals surface area contributed by atoms with E-state index in [1.807, 2.05) is 37.7 Å². The third kappa shape index (κ3) is 2.47. The van der Waals surface area contributed by atoms with E-state index in [0.29, 0.717) is 0 Å². The molecule has 4 aromatic rings. The summed E-state index contributed by atoms with van der Waals surface area (Å²) in [5.41, 5.74) is 4.57. The zero-order chi connectivity index (χ0) is 17.4. The SMILES string of the molecule is CC.COc1ccc2c(c1)-c1cccc3nc4ccccc4c(c13)S2. The molecule has 0 saturated heterocycles. The molecule has 3 aromatic carbocycles. The summed E-state index contributed by atoms with van der Waals surface area (Å²) in [4.78, 5) is 7.42. The lowest BCUT2D eigenvalue weighted by molar-refractivity contribution is 0.414. The zero-order valence-electron chi connectivity index (χ0n) is 14.5. The van der Waals surface area contributed by atoms with Gasteiger partial charge in [0.2, 0.25) is 0 Å². The topological polar surface area (TPSA) is 22.1 Å². The van der Waals surface area contributed by atoms with Crippen LogP contribution in [-0.4, -0.2) is 12.1 Å². The molecular weight excluding hydrogens is 326 g/mol. The van der Waals surface area contributed by atoms with Gasteiger partial charge in [-0.15, -0.1) is 0 Å². The second kappa shape index (κ2) is 6.41. The van der Waals surface area contributed by atoms with Crippen molar-refractivity contribution in [1.29, 1.82) is 0 Å². The van der Waals surface area contributed by atoms with E-state index in [9.17, 15) is 0 Å². The molecule has 1 aliphatic heterocycles. The standard InChI is InChI=1S/C20H13NOS.C2H6/c1-22-12-9-10-18-15(11-12)13-6-4-8-17-19(13)20(23-18)14-5-2-3-7-16(14)21-17;1-2/h2-11H,1H3;1-2H3. The van der Waals surface area contributed by atoms with E-state index in [4.69, 9.17) is 9.72 Å². The first-order valence-electron chi connectivity index (χ1n) is 8.53. The minimum Gasteiger partial charge on any atom is -0.497 e. The largest absolute Gasteiger partial charge is 0.497 e. The molecule has 0 aliphatic carbocycles. The molecule has 0 amide bonds. The number of fused-ring (bicyclic) bond motifs is 4. The number of benzene rings is 3. The van der Waals surface area contributed by atoms with E-state index >= 15 is 0 Å². The van der Waals surface area contributed by atoms with Crippen LogP contribution in [0.4, 0.5) is 0 Å². The smallest absolute Gasteiger partial charge is 0.119 e. The van der Waals surface area contributed by atoms with Crippen LogP contribution in [0.25, 0.3) is 32.9 Å². The minimum atomic E-state index is 0.888. The van der Waals surface area contributed by atoms with Gasteiger partial charge < -0.3 is 4.74 Å². The maximum absolute atomic E-state index is 5.41. The number of nitrogens with zero attached hydrogens (tertiary/aromatic N) is 1. The summed E-state index contributed by atoms with van der Waals surface area (Å²) in [6.45, 7) is 4.00. The lowest BCUT2D eigenvalue weighted by atomic mass is 9.98. The fraction of sp³-hybridized carbons (Fsp3) is 0.136. The summed E-state index contributed by atoms with van der Waals surface area (Å²) >= 11 is 1.83. The third-order valence-corrected chi connectivity index (χ3v) is 5.55. The number of hydrogen-bond donors (Lipinski definition) is 0. The van der Waals surface area contributed by atoms with Crippen molar-refractivity contribution in [2.45, 2.75) is 23.6 Å². The number of para-hydroxylation sites is 1. The molecule has 5 rings (SSSR count). The van der Waals surface area contributed by atoms with E-state index in [2.05, 4.69) is 48.5 Å². The number of ether oxygens (including phenoxy) is 1. The van der Waals surface area contributed by atoms with Gasteiger partial charge in [-0.05, 0) is 41.5 Å². The summed E-state index contributed by atoms with van der Waals surface area (Å²) in [5.74, 6) is 0.888. The van der Waals surface area contributed by atoms with Gasteiger partial charge in [-0.3, -0.25) is 0 Å². The van der Waals surface area contributed by atoms with Crippen LogP contribution in [-0.2, 0) is 0 Å². The van der Waals surface area contributed by atoms with Crippen molar-refractivity contribution in [2.75, 3.05) is 7.11 Å². The highest BCUT2D eigenvalue weighted by Gasteiger charge is 2.22. The van der Waals surface area contributed by atoms with Crippen LogP contribution in [0.15, 0.2) is 70.5 Å². The zero-order valence-corrected chi connectivity index (χ0v) is 15.4. The molecule has 0 saturated carbocycles. The first kappa shape index (κ1) is 16.0. The molecule has 0 radical (unpaired) electrons. The molecule has 0 spiro atoms. The van der Waals surface area contributed by atoms with Gasteiger partial charge in [-0.2, -0.15) is 0 Å². The molecule has 25 heavy (non-hydrogen) atoms. The first-order chi connectivity index (χ1) is 12.3. The fourth-order valence-electron chi connectivity index (χ4n) is 3.28. The minimum absolute atomic E-state index is 0.888. The quantitative estimate of drug-likeness (QED) is 0.321. The Morgan fingerprint density at radius 3 is 2.48 bits per heavy atom. The lowest BCUT2D eigenvalue weighted by Gasteiger charge is -2.21. The van der Waals surface area contributed by atoms with Crippen molar-refractivity contribution in [1.82, 2.24) is 4.98 Å². The van der Waals surface area contributed by atoms with Crippen molar-refractivity contribution in [3.63, 3.8) is 0 Å². The van der Waals surface area contributed by atoms with Crippen molar-refractivity contribution in [2.24, 2.45) is 0 Å². The van der Waals surface area contributed by atoms with Gasteiger partial charge in [0, 0.05) is 20.6 Å². The van der Waals surface area contributed by atoms with Crippen molar-refractivity contribution < 1.29 is 4.74 Å². The number of rotatable bonds is 1. The van der Waals surface area contributed by atoms with Gasteiger partial charge >= 0.3 is 0 Å². The molecule has 3 heteroatoms. The Morgan fingerprint density at radius 2 is 1.64 bits per heavy atom. The Morgan fingerprint density at radius 1 is 0.840 bits per heavy atom. The molecule has 0 bridgehead atoms. The predicted molar refractivity (Wildman–Crippen MR) is 107 cm³/mol. The highest BCUT2D eigenvalue weighted by Crippen LogP contribution is 2.50. The molecule has 0 fully saturated rings. The molecule has 2 heterocycles. The third-order valence-electron chi connectivity index (χ3n) is 4.35. The molecule has 1 aromatic heterocycles. The Hall–Kier alpha value is -2.52. The van der Waals surface area contributed by atoms with Crippen LogP contribution in [0, 0.1) is 0 Å². The fourth-order valence-corrected chi connectivity index (χ4v) is 4.51. The second-order valence-corrected chi connectivity index (χ2v) is 6.67. The summed E-state index contributed by atoms with van der Waals surface area (Å²) in [5, 5.41) is 2.47. The van der Waals surface area contributed by atoms with Crippen molar-refractivity contribution >= 4 is 33.6 Å². The number of pyridine rings is 1. The van der Waals surface area contributed by atoms with Crippen LogP contribution >= 0.6 is 11.8 Å². The first-order valence-corrected chi connectivity index (χ1v) is 9.34. The molecule has 124 valence electrons. The molecule has 0 N–H and O–H groups in total. The molecule has 0 atom stereocenters. The van der Waals surface area contributed by atoms with E-state index in [0.717, 1.165) is 16.8 Å². The van der Waals surface area contributed by atoms with E-state index < -0.39 is 0 Å². The number of hydrogen-bond acceptors (Lipinski definition) is 3. The highest BCUT2D eigenvalue weighted by molar-refractivity contribution is 8.00. The average molecular weight is 345 g/mol. The monoisotopic (exact) mass is 345 g/mol. The van der Waals surface area contributed by atoms with Gasteiger partial charge in [0.05, 0.1) is 18.1 Å². The normalized spacial score (nSPS) is 11.6. The Bertz CT molecular complexity index is 1090. The average Bonchev–Trinajstić information content (AvgIpc) is 2.69. The van der Waals surface area contributed by atoms with Crippen molar-refractivity contribution in [3.8, 4) is 16.9 Å². The Labute approximate surface area is 151 Å². The number of aromatic nitrogens is 1. The van der Waals surface area contributed by atoms with Crippen molar-refractivity contribution in [3.05, 3.63) is 60.7 Å². The van der Waals surface area contributed by atoms with Gasteiger partial charge in [0.15, 0.2) is 0 Å². The maximum atomic E-state index is 5.41. The van der Waals surface area contributed by atoms with Crippen LogP contribution in [0.1, 0.15) is 13.8 Å². The summed E-state index contributed by atoms with van der Waals surface area (Å²) < 4.78 is 5.41. The van der Waals surface area contributed by atoms with Gasteiger partial charge in [-0.25, -0.2) is 4.98 Å². The second-order valence-electron chi connectivity index (χ2n) is 5.62. The van der Waals surface area contributed by atoms with E-state index in [-0.39, 0.29) is 0 Å². The van der Waals surface area contributed by atoms with E-state index in [1.165, 1.54) is 31.7 Å². The van der Waals surface area contributed by atoms with Gasteiger partial charge in [-0.1, -0.05) is 55.9 Å². The Balaban J connectivity index is 0.000000758. The van der Waals surface area contributed by atoms with Gasteiger partial charge in [0.1, 0.15) is 5.75 Å². The highest BCUT2D eigenvalue weighted by atomic mass is 32.2. The summed E-state index contributed by atoms with van der Waals surface area (Å²) in [6, 6.07) is 21.0. The molecule has 2 nitrogen and oxygen atoms in total.